The third-order valence-electron chi connectivity index (χ3n) is 2.68. The lowest BCUT2D eigenvalue weighted by Crippen LogP contribution is -2.28. The van der Waals surface area contributed by atoms with Gasteiger partial charge < -0.3 is 5.32 Å². The fourth-order valence-corrected chi connectivity index (χ4v) is 2.77. The molecule has 0 spiro atoms. The van der Waals surface area contributed by atoms with E-state index in [1.54, 1.807) is 0 Å². The molecule has 0 bridgehead atoms. The van der Waals surface area contributed by atoms with E-state index in [4.69, 9.17) is 0 Å². The Bertz CT molecular complexity index is 111. The first-order valence-corrected chi connectivity index (χ1v) is 6.90. The standard InChI is InChI=1S/C11H23NS/c1-2-3-9-13-10-8-12-11-6-4-5-7-11/h11-12H,2-10H2,1H3. The van der Waals surface area contributed by atoms with E-state index >= 15 is 0 Å². The van der Waals surface area contributed by atoms with Gasteiger partial charge in [-0.05, 0) is 25.0 Å². The van der Waals surface area contributed by atoms with Crippen LogP contribution in [0.15, 0.2) is 0 Å². The molecular formula is C11H23NS. The molecule has 0 aromatic carbocycles. The Labute approximate surface area is 87.1 Å². The van der Waals surface area contributed by atoms with Crippen molar-refractivity contribution in [2.75, 3.05) is 18.1 Å². The molecule has 78 valence electrons. The number of hydrogen-bond donors (Lipinski definition) is 1. The van der Waals surface area contributed by atoms with Crippen LogP contribution in [-0.2, 0) is 0 Å². The third kappa shape index (κ3) is 5.58. The van der Waals surface area contributed by atoms with Crippen LogP contribution in [0.3, 0.4) is 0 Å². The molecule has 13 heavy (non-hydrogen) atoms. The van der Waals surface area contributed by atoms with Crippen molar-refractivity contribution in [3.8, 4) is 0 Å². The molecule has 1 rings (SSSR count). The van der Waals surface area contributed by atoms with Crippen molar-refractivity contribution < 1.29 is 0 Å². The van der Waals surface area contributed by atoms with E-state index in [-0.39, 0.29) is 0 Å². The lowest BCUT2D eigenvalue weighted by atomic mass is 10.2. The van der Waals surface area contributed by atoms with Gasteiger partial charge in [-0.3, -0.25) is 0 Å². The Balaban J connectivity index is 1.78. The summed E-state index contributed by atoms with van der Waals surface area (Å²) >= 11 is 2.10. The average molecular weight is 201 g/mol. The van der Waals surface area contributed by atoms with Crippen LogP contribution in [0.4, 0.5) is 0 Å². The first-order valence-electron chi connectivity index (χ1n) is 5.74. The summed E-state index contributed by atoms with van der Waals surface area (Å²) in [4.78, 5) is 0. The van der Waals surface area contributed by atoms with Gasteiger partial charge in [-0.15, -0.1) is 0 Å². The molecule has 0 aromatic rings. The zero-order chi connectivity index (χ0) is 9.36. The number of rotatable bonds is 7. The van der Waals surface area contributed by atoms with Crippen molar-refractivity contribution >= 4 is 11.8 Å². The van der Waals surface area contributed by atoms with Crippen LogP contribution in [0.2, 0.25) is 0 Å². The highest BCUT2D eigenvalue weighted by Crippen LogP contribution is 2.17. The minimum Gasteiger partial charge on any atom is -0.313 e. The molecule has 1 aliphatic carbocycles. The number of thioether (sulfide) groups is 1. The van der Waals surface area contributed by atoms with Gasteiger partial charge in [-0.1, -0.05) is 26.2 Å². The molecule has 0 atom stereocenters. The summed E-state index contributed by atoms with van der Waals surface area (Å²) in [6, 6.07) is 0.853. The molecule has 0 heterocycles. The highest BCUT2D eigenvalue weighted by Gasteiger charge is 2.12. The molecule has 0 radical (unpaired) electrons. The molecule has 1 nitrogen and oxygen atoms in total. The summed E-state index contributed by atoms with van der Waals surface area (Å²) in [5.74, 6) is 2.65. The quantitative estimate of drug-likeness (QED) is 0.635. The van der Waals surface area contributed by atoms with Gasteiger partial charge >= 0.3 is 0 Å². The van der Waals surface area contributed by atoms with Crippen LogP contribution in [0.25, 0.3) is 0 Å². The minimum atomic E-state index is 0.853. The van der Waals surface area contributed by atoms with Gasteiger partial charge in [-0.2, -0.15) is 11.8 Å². The van der Waals surface area contributed by atoms with Crippen molar-refractivity contribution in [1.29, 1.82) is 0 Å². The zero-order valence-corrected chi connectivity index (χ0v) is 9.67. The maximum atomic E-state index is 3.64. The Morgan fingerprint density at radius 1 is 1.23 bits per heavy atom. The van der Waals surface area contributed by atoms with Gasteiger partial charge in [0.15, 0.2) is 0 Å². The lowest BCUT2D eigenvalue weighted by Gasteiger charge is -2.10. The minimum absolute atomic E-state index is 0.853. The van der Waals surface area contributed by atoms with E-state index in [0.717, 1.165) is 6.04 Å². The second-order valence-electron chi connectivity index (χ2n) is 3.90. The summed E-state index contributed by atoms with van der Waals surface area (Å²) in [5, 5.41) is 3.64. The molecule has 1 saturated carbocycles. The highest BCUT2D eigenvalue weighted by molar-refractivity contribution is 7.99. The van der Waals surface area contributed by atoms with Crippen molar-refractivity contribution in [2.45, 2.75) is 51.5 Å². The Kier molecular flexibility index (Phi) is 6.73. The Hall–Kier alpha value is 0.310. The van der Waals surface area contributed by atoms with Crippen molar-refractivity contribution in [1.82, 2.24) is 5.32 Å². The first kappa shape index (κ1) is 11.4. The van der Waals surface area contributed by atoms with E-state index in [1.807, 2.05) is 0 Å². The summed E-state index contributed by atoms with van der Waals surface area (Å²) in [6.45, 7) is 3.48. The maximum Gasteiger partial charge on any atom is 0.00673 e. The van der Waals surface area contributed by atoms with Crippen LogP contribution >= 0.6 is 11.8 Å². The van der Waals surface area contributed by atoms with Gasteiger partial charge in [0.1, 0.15) is 0 Å². The Morgan fingerprint density at radius 3 is 2.69 bits per heavy atom. The summed E-state index contributed by atoms with van der Waals surface area (Å²) in [6.07, 6.45) is 8.44. The van der Waals surface area contributed by atoms with Gasteiger partial charge in [0.25, 0.3) is 0 Å². The topological polar surface area (TPSA) is 12.0 Å². The largest absolute Gasteiger partial charge is 0.313 e. The second kappa shape index (κ2) is 7.69. The van der Waals surface area contributed by atoms with E-state index in [9.17, 15) is 0 Å². The summed E-state index contributed by atoms with van der Waals surface area (Å²) < 4.78 is 0. The van der Waals surface area contributed by atoms with Crippen molar-refractivity contribution in [3.63, 3.8) is 0 Å². The number of hydrogen-bond acceptors (Lipinski definition) is 2. The normalized spacial score (nSPS) is 18.2. The summed E-state index contributed by atoms with van der Waals surface area (Å²) in [7, 11) is 0. The average Bonchev–Trinajstić information content (AvgIpc) is 2.63. The van der Waals surface area contributed by atoms with Gasteiger partial charge in [0.05, 0.1) is 0 Å². The molecule has 0 saturated heterocycles. The molecule has 1 fully saturated rings. The molecule has 1 aliphatic rings. The van der Waals surface area contributed by atoms with E-state index in [2.05, 4.69) is 24.0 Å². The predicted octanol–water partition coefficient (Wildman–Crippen LogP) is 3.05. The first-order chi connectivity index (χ1) is 6.43. The third-order valence-corrected chi connectivity index (χ3v) is 3.75. The molecule has 0 amide bonds. The van der Waals surface area contributed by atoms with E-state index in [0.29, 0.717) is 0 Å². The second-order valence-corrected chi connectivity index (χ2v) is 5.13. The van der Waals surface area contributed by atoms with Gasteiger partial charge in [0, 0.05) is 18.3 Å². The van der Waals surface area contributed by atoms with Gasteiger partial charge in [0.2, 0.25) is 0 Å². The lowest BCUT2D eigenvalue weighted by molar-refractivity contribution is 0.545. The summed E-state index contributed by atoms with van der Waals surface area (Å²) in [5.41, 5.74) is 0. The van der Waals surface area contributed by atoms with E-state index < -0.39 is 0 Å². The molecule has 0 aromatic heterocycles. The van der Waals surface area contributed by atoms with Crippen molar-refractivity contribution in [2.24, 2.45) is 0 Å². The molecule has 1 N–H and O–H groups in total. The fourth-order valence-electron chi connectivity index (χ4n) is 1.81. The van der Waals surface area contributed by atoms with E-state index in [1.165, 1.54) is 56.6 Å². The monoisotopic (exact) mass is 201 g/mol. The van der Waals surface area contributed by atoms with Crippen LogP contribution in [0.1, 0.15) is 45.4 Å². The molecule has 0 unspecified atom stereocenters. The SMILES string of the molecule is CCCCSCCNC1CCCC1. The van der Waals surface area contributed by atoms with Crippen LogP contribution in [0.5, 0.6) is 0 Å². The molecule has 0 aliphatic heterocycles. The molecular weight excluding hydrogens is 178 g/mol. The maximum absolute atomic E-state index is 3.64. The number of nitrogens with one attached hydrogen (secondary N) is 1. The Morgan fingerprint density at radius 2 is 2.00 bits per heavy atom. The van der Waals surface area contributed by atoms with Crippen LogP contribution < -0.4 is 5.32 Å². The highest BCUT2D eigenvalue weighted by atomic mass is 32.2. The smallest absolute Gasteiger partial charge is 0.00673 e. The molecule has 2 heteroatoms. The fraction of sp³-hybridized carbons (Fsp3) is 1.00. The predicted molar refractivity (Wildman–Crippen MR) is 62.5 cm³/mol. The van der Waals surface area contributed by atoms with Gasteiger partial charge in [-0.25, -0.2) is 0 Å². The zero-order valence-electron chi connectivity index (χ0n) is 8.85. The van der Waals surface area contributed by atoms with Crippen LogP contribution in [0, 0.1) is 0 Å². The number of unbranched alkanes of at least 4 members (excludes halogenated alkanes) is 1. The van der Waals surface area contributed by atoms with Crippen LogP contribution in [-0.4, -0.2) is 24.1 Å². The van der Waals surface area contributed by atoms with Crippen molar-refractivity contribution in [3.05, 3.63) is 0 Å².